The third-order valence-corrected chi connectivity index (χ3v) is 3.17. The van der Waals surface area contributed by atoms with Crippen LogP contribution >= 0.6 is 0 Å². The van der Waals surface area contributed by atoms with Crippen LogP contribution in [0.1, 0.15) is 10.5 Å². The first-order valence-corrected chi connectivity index (χ1v) is 6.98. The zero-order chi connectivity index (χ0) is 17.2. The fourth-order valence-corrected chi connectivity index (χ4v) is 2.12. The number of hydrogen-bond donors (Lipinski definition) is 1. The highest BCUT2D eigenvalue weighted by Crippen LogP contribution is 2.22. The second kappa shape index (κ2) is 6.23. The van der Waals surface area contributed by atoms with Gasteiger partial charge in [-0.3, -0.25) is 4.79 Å². The van der Waals surface area contributed by atoms with E-state index in [2.05, 4.69) is 5.10 Å². The largest absolute Gasteiger partial charge is 0.463 e. The second-order valence-corrected chi connectivity index (χ2v) is 4.94. The Hall–Kier alpha value is -3.03. The fraction of sp³-hybridized carbons (Fsp3) is 0.125. The van der Waals surface area contributed by atoms with Crippen LogP contribution in [0.15, 0.2) is 59.2 Å². The highest BCUT2D eigenvalue weighted by Gasteiger charge is 2.29. The Morgan fingerprint density at radius 2 is 1.92 bits per heavy atom. The molecule has 0 atom stereocenters. The van der Waals surface area contributed by atoms with Gasteiger partial charge in [0.2, 0.25) is 0 Å². The summed E-state index contributed by atoms with van der Waals surface area (Å²) in [4.78, 5) is 12.2. The summed E-state index contributed by atoms with van der Waals surface area (Å²) in [7, 11) is 0. The average molecular weight is 335 g/mol. The number of para-hydroxylation sites is 1. The van der Waals surface area contributed by atoms with Gasteiger partial charge in [0.1, 0.15) is 17.9 Å². The number of hydrogen-bond acceptors (Lipinski definition) is 3. The number of carbonyl (C=O) groups excluding carboxylic acids is 1. The monoisotopic (exact) mass is 335 g/mol. The molecule has 0 saturated heterocycles. The van der Waals surface area contributed by atoms with E-state index in [1.807, 2.05) is 5.32 Å². The molecule has 0 aliphatic heterocycles. The zero-order valence-corrected chi connectivity index (χ0v) is 12.2. The molecule has 0 aliphatic rings. The lowest BCUT2D eigenvalue weighted by Crippen LogP contribution is -2.34. The third-order valence-electron chi connectivity index (χ3n) is 3.17. The molecule has 1 amide bonds. The summed E-state index contributed by atoms with van der Waals surface area (Å²) in [5, 5.41) is 6.12. The SMILES string of the molecule is O=C(NCC(F)(F)F)c1cc(-c2ccco2)nn1-c1ccccc1. The first-order valence-electron chi connectivity index (χ1n) is 6.98. The Balaban J connectivity index is 1.98. The highest BCUT2D eigenvalue weighted by molar-refractivity contribution is 5.94. The molecule has 0 fully saturated rings. The van der Waals surface area contributed by atoms with Gasteiger partial charge in [0, 0.05) is 6.07 Å². The van der Waals surface area contributed by atoms with E-state index in [1.165, 1.54) is 17.0 Å². The van der Waals surface area contributed by atoms with Crippen molar-refractivity contribution in [1.29, 1.82) is 0 Å². The first-order chi connectivity index (χ1) is 11.4. The van der Waals surface area contributed by atoms with E-state index in [1.54, 1.807) is 42.5 Å². The summed E-state index contributed by atoms with van der Waals surface area (Å²) < 4.78 is 43.5. The van der Waals surface area contributed by atoms with E-state index in [-0.39, 0.29) is 5.69 Å². The van der Waals surface area contributed by atoms with Crippen LogP contribution in [-0.4, -0.2) is 28.4 Å². The summed E-state index contributed by atoms with van der Waals surface area (Å²) >= 11 is 0. The number of aromatic nitrogens is 2. The van der Waals surface area contributed by atoms with Gasteiger partial charge in [-0.2, -0.15) is 18.3 Å². The maximum Gasteiger partial charge on any atom is 0.405 e. The molecule has 0 spiro atoms. The van der Waals surface area contributed by atoms with Gasteiger partial charge in [-0.25, -0.2) is 4.68 Å². The number of carbonyl (C=O) groups is 1. The molecule has 1 N–H and O–H groups in total. The van der Waals surface area contributed by atoms with Crippen LogP contribution in [0, 0.1) is 0 Å². The van der Waals surface area contributed by atoms with Gasteiger partial charge in [0.25, 0.3) is 5.91 Å². The van der Waals surface area contributed by atoms with Crippen LogP contribution in [0.25, 0.3) is 17.1 Å². The standard InChI is InChI=1S/C16H12F3N3O2/c17-16(18,19)10-20-15(23)13-9-12(14-7-4-8-24-14)21-22(13)11-5-2-1-3-6-11/h1-9H,10H2,(H,20,23). The van der Waals surface area contributed by atoms with Crippen LogP contribution < -0.4 is 5.32 Å². The van der Waals surface area contributed by atoms with Gasteiger partial charge in [-0.15, -0.1) is 0 Å². The van der Waals surface area contributed by atoms with E-state index in [0.29, 0.717) is 17.1 Å². The van der Waals surface area contributed by atoms with Crippen molar-refractivity contribution in [2.75, 3.05) is 6.54 Å². The van der Waals surface area contributed by atoms with E-state index in [4.69, 9.17) is 4.42 Å². The van der Waals surface area contributed by atoms with Crippen molar-refractivity contribution in [1.82, 2.24) is 15.1 Å². The molecular weight excluding hydrogens is 323 g/mol. The predicted octanol–water partition coefficient (Wildman–Crippen LogP) is 3.42. The molecule has 0 bridgehead atoms. The number of benzene rings is 1. The number of amides is 1. The molecule has 0 aliphatic carbocycles. The van der Waals surface area contributed by atoms with Crippen LogP contribution in [0.5, 0.6) is 0 Å². The Kier molecular flexibility index (Phi) is 4.11. The van der Waals surface area contributed by atoms with Crippen molar-refractivity contribution in [3.05, 3.63) is 60.5 Å². The Morgan fingerprint density at radius 1 is 1.17 bits per heavy atom. The smallest absolute Gasteiger partial charge is 0.405 e. The molecule has 5 nitrogen and oxygen atoms in total. The molecule has 8 heteroatoms. The van der Waals surface area contributed by atoms with Gasteiger partial charge >= 0.3 is 6.18 Å². The van der Waals surface area contributed by atoms with Gasteiger partial charge in [-0.05, 0) is 24.3 Å². The molecular formula is C16H12F3N3O2. The fourth-order valence-electron chi connectivity index (χ4n) is 2.12. The average Bonchev–Trinajstić information content (AvgIpc) is 3.21. The number of nitrogens with zero attached hydrogens (tertiary/aromatic N) is 2. The van der Waals surface area contributed by atoms with E-state index in [0.717, 1.165) is 0 Å². The third kappa shape index (κ3) is 3.48. The predicted molar refractivity (Wildman–Crippen MR) is 79.7 cm³/mol. The van der Waals surface area contributed by atoms with E-state index >= 15 is 0 Å². The van der Waals surface area contributed by atoms with Crippen LogP contribution in [0.3, 0.4) is 0 Å². The second-order valence-electron chi connectivity index (χ2n) is 4.94. The maximum atomic E-state index is 12.3. The summed E-state index contributed by atoms with van der Waals surface area (Å²) in [5.41, 5.74) is 0.880. The van der Waals surface area contributed by atoms with E-state index in [9.17, 15) is 18.0 Å². The van der Waals surface area contributed by atoms with Crippen molar-refractivity contribution in [2.24, 2.45) is 0 Å². The number of rotatable bonds is 4. The number of nitrogens with one attached hydrogen (secondary N) is 1. The van der Waals surface area contributed by atoms with E-state index < -0.39 is 18.6 Å². The number of halogens is 3. The molecule has 0 saturated carbocycles. The molecule has 3 aromatic rings. The van der Waals surface area contributed by atoms with Crippen LogP contribution in [0.2, 0.25) is 0 Å². The summed E-state index contributed by atoms with van der Waals surface area (Å²) in [6.07, 6.45) is -3.04. The Bertz CT molecular complexity index is 824. The summed E-state index contributed by atoms with van der Waals surface area (Å²) in [6, 6.07) is 13.3. The first kappa shape index (κ1) is 15.9. The summed E-state index contributed by atoms with van der Waals surface area (Å²) in [6.45, 7) is -1.41. The molecule has 0 unspecified atom stereocenters. The normalized spacial score (nSPS) is 11.5. The quantitative estimate of drug-likeness (QED) is 0.795. The van der Waals surface area contributed by atoms with Crippen molar-refractivity contribution in [3.8, 4) is 17.1 Å². The number of alkyl halides is 3. The van der Waals surface area contributed by atoms with Gasteiger partial charge < -0.3 is 9.73 Å². The molecule has 1 aromatic carbocycles. The summed E-state index contributed by atoms with van der Waals surface area (Å²) in [5.74, 6) is -0.462. The Morgan fingerprint density at radius 3 is 2.54 bits per heavy atom. The minimum absolute atomic E-state index is 0.0168. The molecule has 0 radical (unpaired) electrons. The van der Waals surface area contributed by atoms with Crippen molar-refractivity contribution < 1.29 is 22.4 Å². The van der Waals surface area contributed by atoms with Crippen molar-refractivity contribution >= 4 is 5.91 Å². The van der Waals surface area contributed by atoms with Gasteiger partial charge in [0.15, 0.2) is 5.76 Å². The lowest BCUT2D eigenvalue weighted by atomic mass is 10.2. The molecule has 3 rings (SSSR count). The molecule has 2 heterocycles. The zero-order valence-electron chi connectivity index (χ0n) is 12.2. The minimum Gasteiger partial charge on any atom is -0.463 e. The number of furan rings is 1. The van der Waals surface area contributed by atoms with Gasteiger partial charge in [-0.1, -0.05) is 18.2 Å². The van der Waals surface area contributed by atoms with Crippen LogP contribution in [0.4, 0.5) is 13.2 Å². The molecule has 124 valence electrons. The van der Waals surface area contributed by atoms with Crippen LogP contribution in [-0.2, 0) is 0 Å². The minimum atomic E-state index is -4.49. The molecule has 2 aromatic heterocycles. The highest BCUT2D eigenvalue weighted by atomic mass is 19.4. The topological polar surface area (TPSA) is 60.1 Å². The lowest BCUT2D eigenvalue weighted by molar-refractivity contribution is -0.123. The van der Waals surface area contributed by atoms with Gasteiger partial charge in [0.05, 0.1) is 12.0 Å². The van der Waals surface area contributed by atoms with Crippen molar-refractivity contribution in [2.45, 2.75) is 6.18 Å². The lowest BCUT2D eigenvalue weighted by Gasteiger charge is -2.10. The Labute approximate surface area is 134 Å². The van der Waals surface area contributed by atoms with Crippen molar-refractivity contribution in [3.63, 3.8) is 0 Å². The molecule has 24 heavy (non-hydrogen) atoms. The maximum absolute atomic E-state index is 12.3.